The summed E-state index contributed by atoms with van der Waals surface area (Å²) in [5.41, 5.74) is 0.898. The van der Waals surface area contributed by atoms with E-state index in [1.807, 2.05) is 24.3 Å². The zero-order valence-corrected chi connectivity index (χ0v) is 17.5. The van der Waals surface area contributed by atoms with Crippen LogP contribution in [0.1, 0.15) is 0 Å². The highest BCUT2D eigenvalue weighted by molar-refractivity contribution is 7.22. The van der Waals surface area contributed by atoms with Crippen molar-refractivity contribution < 1.29 is 14.3 Å². The molecule has 0 radical (unpaired) electrons. The summed E-state index contributed by atoms with van der Waals surface area (Å²) in [6.07, 6.45) is 0. The average molecular weight is 432 g/mol. The first-order valence-electron chi connectivity index (χ1n) is 9.53. The number of benzene rings is 2. The van der Waals surface area contributed by atoms with Gasteiger partial charge in [-0.2, -0.15) is 0 Å². The van der Waals surface area contributed by atoms with Crippen molar-refractivity contribution >= 4 is 44.2 Å². The number of carbonyl (C=O) groups is 1. The first-order chi connectivity index (χ1) is 14.2. The van der Waals surface area contributed by atoms with E-state index in [2.05, 4.69) is 9.88 Å². The molecule has 1 aliphatic rings. The first-order valence-corrected chi connectivity index (χ1v) is 10.7. The van der Waals surface area contributed by atoms with Gasteiger partial charge in [-0.1, -0.05) is 35.1 Å². The molecule has 4 rings (SSSR count). The van der Waals surface area contributed by atoms with Gasteiger partial charge in [0.25, 0.3) is 5.91 Å². The summed E-state index contributed by atoms with van der Waals surface area (Å²) in [7, 11) is 0. The molecule has 1 aromatic heterocycles. The van der Waals surface area contributed by atoms with Crippen LogP contribution in [0.2, 0.25) is 5.02 Å². The molecule has 6 nitrogen and oxygen atoms in total. The number of hydrogen-bond donors (Lipinski definition) is 0. The Morgan fingerprint density at radius 1 is 1.17 bits per heavy atom. The maximum atomic E-state index is 13.0. The van der Waals surface area contributed by atoms with E-state index in [4.69, 9.17) is 21.1 Å². The number of amides is 1. The number of thiazole rings is 1. The fraction of sp³-hybridized carbons (Fsp3) is 0.333. The molecular formula is C21H22ClN3O3S. The number of anilines is 1. The normalized spacial score (nSPS) is 14.8. The topological polar surface area (TPSA) is 54.9 Å². The quantitative estimate of drug-likeness (QED) is 0.571. The van der Waals surface area contributed by atoms with E-state index in [1.54, 1.807) is 29.2 Å². The Balaban J connectivity index is 1.48. The van der Waals surface area contributed by atoms with Gasteiger partial charge in [-0.3, -0.25) is 14.6 Å². The van der Waals surface area contributed by atoms with Crippen LogP contribution in [0, 0.1) is 0 Å². The number of nitrogens with zero attached hydrogens (tertiary/aromatic N) is 3. The van der Waals surface area contributed by atoms with Crippen LogP contribution in [0.15, 0.2) is 48.5 Å². The van der Waals surface area contributed by atoms with E-state index in [9.17, 15) is 4.79 Å². The van der Waals surface area contributed by atoms with Crippen molar-refractivity contribution in [2.75, 3.05) is 50.9 Å². The molecule has 3 aromatic rings. The van der Waals surface area contributed by atoms with Crippen molar-refractivity contribution in [2.24, 2.45) is 0 Å². The summed E-state index contributed by atoms with van der Waals surface area (Å²) in [6.45, 7) is 4.49. The van der Waals surface area contributed by atoms with Crippen molar-refractivity contribution in [1.29, 1.82) is 0 Å². The van der Waals surface area contributed by atoms with Crippen LogP contribution in [0.5, 0.6) is 5.75 Å². The third-order valence-corrected chi connectivity index (χ3v) is 6.05. The lowest BCUT2D eigenvalue weighted by molar-refractivity contribution is -0.120. The maximum Gasteiger partial charge on any atom is 0.266 e. The fourth-order valence-electron chi connectivity index (χ4n) is 3.12. The van der Waals surface area contributed by atoms with E-state index in [0.717, 1.165) is 43.1 Å². The predicted octanol–water partition coefficient (Wildman–Crippen LogP) is 3.69. The smallest absolute Gasteiger partial charge is 0.266 e. The third-order valence-electron chi connectivity index (χ3n) is 4.73. The van der Waals surface area contributed by atoms with Gasteiger partial charge in [0.15, 0.2) is 11.7 Å². The van der Waals surface area contributed by atoms with Crippen molar-refractivity contribution in [2.45, 2.75) is 0 Å². The van der Waals surface area contributed by atoms with E-state index in [1.165, 1.54) is 11.3 Å². The number of para-hydroxylation sites is 1. The van der Waals surface area contributed by atoms with E-state index in [0.29, 0.717) is 22.4 Å². The second-order valence-corrected chi connectivity index (χ2v) is 8.15. The zero-order valence-electron chi connectivity index (χ0n) is 15.9. The van der Waals surface area contributed by atoms with E-state index >= 15 is 0 Å². The number of aromatic nitrogens is 1. The highest BCUT2D eigenvalue weighted by Gasteiger charge is 2.22. The van der Waals surface area contributed by atoms with E-state index in [-0.39, 0.29) is 12.5 Å². The molecule has 0 bridgehead atoms. The summed E-state index contributed by atoms with van der Waals surface area (Å²) < 4.78 is 12.2. The maximum absolute atomic E-state index is 13.0. The highest BCUT2D eigenvalue weighted by atomic mass is 35.5. The summed E-state index contributed by atoms with van der Waals surface area (Å²) in [5, 5.41) is 1.33. The van der Waals surface area contributed by atoms with Crippen molar-refractivity contribution in [1.82, 2.24) is 9.88 Å². The molecule has 0 saturated carbocycles. The Morgan fingerprint density at radius 3 is 2.69 bits per heavy atom. The van der Waals surface area contributed by atoms with Gasteiger partial charge in [0.1, 0.15) is 5.75 Å². The van der Waals surface area contributed by atoms with Crippen molar-refractivity contribution in [3.8, 4) is 5.75 Å². The van der Waals surface area contributed by atoms with Crippen LogP contribution >= 0.6 is 22.9 Å². The lowest BCUT2D eigenvalue weighted by Crippen LogP contribution is -2.44. The Hall–Kier alpha value is -2.19. The Labute approximate surface area is 178 Å². The van der Waals surface area contributed by atoms with Crippen LogP contribution < -0.4 is 9.64 Å². The van der Waals surface area contributed by atoms with Gasteiger partial charge < -0.3 is 9.47 Å². The van der Waals surface area contributed by atoms with Gasteiger partial charge in [0, 0.05) is 31.2 Å². The Morgan fingerprint density at radius 2 is 1.93 bits per heavy atom. The Bertz CT molecular complexity index is 924. The summed E-state index contributed by atoms with van der Waals surface area (Å²) in [6, 6.07) is 14.9. The molecule has 2 heterocycles. The second-order valence-electron chi connectivity index (χ2n) is 6.71. The number of carbonyl (C=O) groups excluding carboxylic acids is 1. The number of ether oxygens (including phenoxy) is 2. The molecule has 1 aliphatic heterocycles. The number of rotatable bonds is 7. The average Bonchev–Trinajstić information content (AvgIpc) is 3.18. The zero-order chi connectivity index (χ0) is 20.1. The van der Waals surface area contributed by atoms with Gasteiger partial charge in [-0.05, 0) is 36.4 Å². The molecule has 1 saturated heterocycles. The summed E-state index contributed by atoms with van der Waals surface area (Å²) >= 11 is 7.43. The summed E-state index contributed by atoms with van der Waals surface area (Å²) in [4.78, 5) is 21.7. The van der Waals surface area contributed by atoms with Crippen LogP contribution in [-0.4, -0.2) is 61.8 Å². The molecule has 0 spiro atoms. The van der Waals surface area contributed by atoms with Crippen LogP contribution in [-0.2, 0) is 9.53 Å². The molecule has 0 aliphatic carbocycles. The van der Waals surface area contributed by atoms with Gasteiger partial charge in [0.05, 0.1) is 23.4 Å². The van der Waals surface area contributed by atoms with Crippen molar-refractivity contribution in [3.05, 3.63) is 53.6 Å². The molecule has 0 unspecified atom stereocenters. The van der Waals surface area contributed by atoms with Gasteiger partial charge in [-0.25, -0.2) is 4.98 Å². The van der Waals surface area contributed by atoms with Crippen LogP contribution in [0.4, 0.5) is 5.13 Å². The largest absolute Gasteiger partial charge is 0.484 e. The lowest BCUT2D eigenvalue weighted by atomic mass is 10.3. The Kier molecular flexibility index (Phi) is 6.61. The minimum Gasteiger partial charge on any atom is -0.484 e. The van der Waals surface area contributed by atoms with Crippen LogP contribution in [0.3, 0.4) is 0 Å². The lowest BCUT2D eigenvalue weighted by Gasteiger charge is -2.29. The van der Waals surface area contributed by atoms with Crippen molar-refractivity contribution in [3.63, 3.8) is 0 Å². The molecule has 152 valence electrons. The number of fused-ring (bicyclic) bond motifs is 1. The second kappa shape index (κ2) is 9.54. The number of morpholine rings is 1. The molecule has 1 amide bonds. The fourth-order valence-corrected chi connectivity index (χ4v) is 4.26. The molecule has 1 fully saturated rings. The van der Waals surface area contributed by atoms with Gasteiger partial charge >= 0.3 is 0 Å². The SMILES string of the molecule is O=C(COc1ccc(Cl)cc1)N(CCN1CCOCC1)c1nc2ccccc2s1. The molecule has 0 N–H and O–H groups in total. The van der Waals surface area contributed by atoms with Gasteiger partial charge in [0.2, 0.25) is 0 Å². The summed E-state index contributed by atoms with van der Waals surface area (Å²) in [5.74, 6) is 0.493. The standard InChI is InChI=1S/C21H22ClN3O3S/c22-16-5-7-17(8-6-16)28-15-20(26)25(10-9-24-11-13-27-14-12-24)21-23-18-3-1-2-4-19(18)29-21/h1-8H,9-15H2. The molecule has 8 heteroatoms. The molecular weight excluding hydrogens is 410 g/mol. The highest BCUT2D eigenvalue weighted by Crippen LogP contribution is 2.29. The third kappa shape index (κ3) is 5.25. The number of hydrogen-bond acceptors (Lipinski definition) is 6. The minimum absolute atomic E-state index is 0.0549. The minimum atomic E-state index is -0.118. The van der Waals surface area contributed by atoms with Crippen LogP contribution in [0.25, 0.3) is 10.2 Å². The molecule has 0 atom stereocenters. The molecule has 2 aromatic carbocycles. The van der Waals surface area contributed by atoms with Gasteiger partial charge in [-0.15, -0.1) is 0 Å². The predicted molar refractivity (Wildman–Crippen MR) is 116 cm³/mol. The molecule has 29 heavy (non-hydrogen) atoms. The monoisotopic (exact) mass is 431 g/mol. The first kappa shape index (κ1) is 20.1. The van der Waals surface area contributed by atoms with E-state index < -0.39 is 0 Å². The number of halogens is 1.